The average Bonchev–Trinajstić information content (AvgIpc) is 2.44. The second-order valence-corrected chi connectivity index (χ2v) is 6.40. The van der Waals surface area contributed by atoms with Gasteiger partial charge in [-0.25, -0.2) is 0 Å². The monoisotopic (exact) mass is 287 g/mol. The molecule has 0 spiro atoms. The zero-order chi connectivity index (χ0) is 14.3. The zero-order valence-electron chi connectivity index (χ0n) is 12.6. The van der Waals surface area contributed by atoms with E-state index in [2.05, 4.69) is 11.8 Å². The highest BCUT2D eigenvalue weighted by molar-refractivity contribution is 7.98. The van der Waals surface area contributed by atoms with Crippen LogP contribution >= 0.6 is 11.8 Å². The number of amides is 1. The van der Waals surface area contributed by atoms with Crippen molar-refractivity contribution in [2.75, 3.05) is 38.7 Å². The standard InChI is InChI=1S/C14H29N3OS/c1-4-8-17-9-5-12(6-10-17)16(2)14(18)13(15)7-11-19-3/h12-13H,4-11,15H2,1-3H3/t13-/m0/s1. The Balaban J connectivity index is 2.37. The van der Waals surface area contributed by atoms with Crippen molar-refractivity contribution >= 4 is 17.7 Å². The number of carbonyl (C=O) groups is 1. The third-order valence-electron chi connectivity index (χ3n) is 3.94. The summed E-state index contributed by atoms with van der Waals surface area (Å²) in [7, 11) is 1.92. The predicted molar refractivity (Wildman–Crippen MR) is 83.5 cm³/mol. The first-order chi connectivity index (χ1) is 9.10. The van der Waals surface area contributed by atoms with Gasteiger partial charge in [-0.2, -0.15) is 11.8 Å². The van der Waals surface area contributed by atoms with E-state index in [0.29, 0.717) is 6.04 Å². The molecule has 1 rings (SSSR count). The summed E-state index contributed by atoms with van der Waals surface area (Å²) in [4.78, 5) is 16.6. The maximum absolute atomic E-state index is 12.2. The Hall–Kier alpha value is -0.260. The van der Waals surface area contributed by atoms with Crippen molar-refractivity contribution in [3.05, 3.63) is 0 Å². The van der Waals surface area contributed by atoms with Crippen LogP contribution in [0.25, 0.3) is 0 Å². The SMILES string of the molecule is CCCN1CCC(N(C)C(=O)[C@@H](N)CCSC)CC1. The van der Waals surface area contributed by atoms with Crippen molar-refractivity contribution in [2.24, 2.45) is 5.73 Å². The lowest BCUT2D eigenvalue weighted by Gasteiger charge is -2.37. The van der Waals surface area contributed by atoms with E-state index < -0.39 is 0 Å². The minimum absolute atomic E-state index is 0.114. The predicted octanol–water partition coefficient (Wildman–Crippen LogP) is 1.40. The van der Waals surface area contributed by atoms with Crippen molar-refractivity contribution in [2.45, 2.75) is 44.7 Å². The van der Waals surface area contributed by atoms with E-state index >= 15 is 0 Å². The molecule has 1 atom stereocenters. The maximum Gasteiger partial charge on any atom is 0.239 e. The van der Waals surface area contributed by atoms with Crippen LogP contribution in [0.15, 0.2) is 0 Å². The van der Waals surface area contributed by atoms with Crippen molar-refractivity contribution in [1.29, 1.82) is 0 Å². The highest BCUT2D eigenvalue weighted by Crippen LogP contribution is 2.16. The van der Waals surface area contributed by atoms with Crippen LogP contribution in [-0.2, 0) is 4.79 Å². The molecule has 0 aliphatic carbocycles. The molecular formula is C14H29N3OS. The van der Waals surface area contributed by atoms with Crippen molar-refractivity contribution < 1.29 is 4.79 Å². The normalized spacial score (nSPS) is 19.4. The molecule has 0 radical (unpaired) electrons. The first-order valence-electron chi connectivity index (χ1n) is 7.33. The Morgan fingerprint density at radius 3 is 2.63 bits per heavy atom. The Kier molecular flexibility index (Phi) is 7.80. The van der Waals surface area contributed by atoms with Gasteiger partial charge in [-0.3, -0.25) is 4.79 Å². The van der Waals surface area contributed by atoms with Crippen LogP contribution < -0.4 is 5.73 Å². The lowest BCUT2D eigenvalue weighted by molar-refractivity contribution is -0.134. The van der Waals surface area contributed by atoms with Crippen LogP contribution in [0.1, 0.15) is 32.6 Å². The van der Waals surface area contributed by atoms with E-state index in [1.165, 1.54) is 13.0 Å². The van der Waals surface area contributed by atoms with Crippen LogP contribution in [-0.4, -0.2) is 66.5 Å². The number of carbonyl (C=O) groups excluding carboxylic acids is 1. The van der Waals surface area contributed by atoms with Gasteiger partial charge >= 0.3 is 0 Å². The van der Waals surface area contributed by atoms with Gasteiger partial charge in [0.05, 0.1) is 6.04 Å². The molecule has 1 saturated heterocycles. The highest BCUT2D eigenvalue weighted by atomic mass is 32.2. The average molecular weight is 287 g/mol. The first-order valence-corrected chi connectivity index (χ1v) is 8.73. The summed E-state index contributed by atoms with van der Waals surface area (Å²) in [5.74, 6) is 1.07. The number of nitrogens with zero attached hydrogens (tertiary/aromatic N) is 2. The fraction of sp³-hybridized carbons (Fsp3) is 0.929. The topological polar surface area (TPSA) is 49.6 Å². The van der Waals surface area contributed by atoms with Crippen LogP contribution in [0.2, 0.25) is 0 Å². The van der Waals surface area contributed by atoms with Crippen molar-refractivity contribution in [3.63, 3.8) is 0 Å². The second kappa shape index (κ2) is 8.82. The van der Waals surface area contributed by atoms with E-state index in [1.54, 1.807) is 11.8 Å². The first kappa shape index (κ1) is 16.8. The quantitative estimate of drug-likeness (QED) is 0.769. The molecule has 0 aromatic heterocycles. The number of likely N-dealkylation sites (tertiary alicyclic amines) is 1. The molecule has 112 valence electrons. The summed E-state index contributed by atoms with van der Waals surface area (Å²) in [6.07, 6.45) is 6.19. The molecule has 0 aromatic carbocycles. The molecule has 1 fully saturated rings. The molecule has 2 N–H and O–H groups in total. The summed E-state index contributed by atoms with van der Waals surface area (Å²) in [6, 6.07) is 0.0482. The van der Waals surface area contributed by atoms with Gasteiger partial charge in [-0.05, 0) is 44.2 Å². The fourth-order valence-electron chi connectivity index (χ4n) is 2.66. The van der Waals surface area contributed by atoms with Crippen molar-refractivity contribution in [1.82, 2.24) is 9.80 Å². The Morgan fingerprint density at radius 2 is 2.11 bits per heavy atom. The van der Waals surface area contributed by atoms with Crippen LogP contribution in [0, 0.1) is 0 Å². The number of piperidine rings is 1. The van der Waals surface area contributed by atoms with E-state index in [1.807, 2.05) is 18.2 Å². The smallest absolute Gasteiger partial charge is 0.239 e. The molecule has 0 saturated carbocycles. The van der Waals surface area contributed by atoms with Crippen LogP contribution in [0.4, 0.5) is 0 Å². The summed E-state index contributed by atoms with van der Waals surface area (Å²) < 4.78 is 0. The molecule has 1 aliphatic heterocycles. The Morgan fingerprint density at radius 1 is 1.47 bits per heavy atom. The zero-order valence-corrected chi connectivity index (χ0v) is 13.4. The molecular weight excluding hydrogens is 258 g/mol. The highest BCUT2D eigenvalue weighted by Gasteiger charge is 2.27. The van der Waals surface area contributed by atoms with E-state index in [9.17, 15) is 4.79 Å². The van der Waals surface area contributed by atoms with Gasteiger partial charge in [0.15, 0.2) is 0 Å². The van der Waals surface area contributed by atoms with Gasteiger partial charge in [0.25, 0.3) is 0 Å². The van der Waals surface area contributed by atoms with Gasteiger partial charge in [-0.1, -0.05) is 6.92 Å². The molecule has 0 bridgehead atoms. The Bertz CT molecular complexity index is 267. The molecule has 5 heteroatoms. The second-order valence-electron chi connectivity index (χ2n) is 5.41. The van der Waals surface area contributed by atoms with Gasteiger partial charge in [-0.15, -0.1) is 0 Å². The van der Waals surface area contributed by atoms with Crippen molar-refractivity contribution in [3.8, 4) is 0 Å². The van der Waals surface area contributed by atoms with Gasteiger partial charge < -0.3 is 15.5 Å². The van der Waals surface area contributed by atoms with E-state index in [-0.39, 0.29) is 11.9 Å². The molecule has 0 unspecified atom stereocenters. The van der Waals surface area contributed by atoms with Gasteiger partial charge in [0, 0.05) is 26.2 Å². The number of thioether (sulfide) groups is 1. The van der Waals surface area contributed by atoms with Crippen LogP contribution in [0.3, 0.4) is 0 Å². The minimum Gasteiger partial charge on any atom is -0.341 e. The molecule has 1 heterocycles. The van der Waals surface area contributed by atoms with Crippen LogP contribution in [0.5, 0.6) is 0 Å². The summed E-state index contributed by atoms with van der Waals surface area (Å²) in [5.41, 5.74) is 5.97. The van der Waals surface area contributed by atoms with Gasteiger partial charge in [0.2, 0.25) is 5.91 Å². The number of nitrogens with two attached hydrogens (primary N) is 1. The van der Waals surface area contributed by atoms with E-state index in [4.69, 9.17) is 5.73 Å². The molecule has 19 heavy (non-hydrogen) atoms. The minimum atomic E-state index is -0.328. The van der Waals surface area contributed by atoms with Gasteiger partial charge in [0.1, 0.15) is 0 Å². The lowest BCUT2D eigenvalue weighted by atomic mass is 10.0. The van der Waals surface area contributed by atoms with E-state index in [0.717, 1.165) is 38.1 Å². The third-order valence-corrected chi connectivity index (χ3v) is 4.59. The lowest BCUT2D eigenvalue weighted by Crippen LogP contribution is -2.50. The Labute approximate surface area is 122 Å². The number of rotatable bonds is 7. The molecule has 1 amide bonds. The fourth-order valence-corrected chi connectivity index (χ4v) is 3.15. The summed E-state index contributed by atoms with van der Waals surface area (Å²) in [5, 5.41) is 0. The number of likely N-dealkylation sites (N-methyl/N-ethyl adjacent to an activating group) is 1. The maximum atomic E-state index is 12.2. The molecule has 4 nitrogen and oxygen atoms in total. The molecule has 0 aromatic rings. The summed E-state index contributed by atoms with van der Waals surface area (Å²) >= 11 is 1.74. The summed E-state index contributed by atoms with van der Waals surface area (Å²) in [6.45, 7) is 5.61. The third kappa shape index (κ3) is 5.32. The molecule has 1 aliphatic rings. The number of hydrogen-bond acceptors (Lipinski definition) is 4. The number of hydrogen-bond donors (Lipinski definition) is 1. The largest absolute Gasteiger partial charge is 0.341 e.